The first-order valence-electron chi connectivity index (χ1n) is 3.99. The van der Waals surface area contributed by atoms with Gasteiger partial charge in [-0.2, -0.15) is 0 Å². The lowest BCUT2D eigenvalue weighted by molar-refractivity contribution is -0.0283. The molecule has 1 saturated carbocycles. The van der Waals surface area contributed by atoms with Crippen molar-refractivity contribution in [2.24, 2.45) is 5.41 Å². The van der Waals surface area contributed by atoms with Crippen molar-refractivity contribution in [2.75, 3.05) is 13.2 Å². The molecule has 1 heterocycles. The van der Waals surface area contributed by atoms with Gasteiger partial charge in [0.05, 0.1) is 0 Å². The van der Waals surface area contributed by atoms with Crippen molar-refractivity contribution in [3.05, 3.63) is 0 Å². The molecule has 0 bridgehead atoms. The third kappa shape index (κ3) is 1.20. The van der Waals surface area contributed by atoms with Gasteiger partial charge in [-0.25, -0.2) is 0 Å². The molecule has 60 valence electrons. The van der Waals surface area contributed by atoms with Gasteiger partial charge >= 0.3 is 0 Å². The van der Waals surface area contributed by atoms with Crippen LogP contribution in [0.25, 0.3) is 0 Å². The summed E-state index contributed by atoms with van der Waals surface area (Å²) in [5.41, 5.74) is 0.776. The van der Waals surface area contributed by atoms with Crippen LogP contribution in [0.5, 0.6) is 0 Å². The predicted octanol–water partition coefficient (Wildman–Crippen LogP) is 2.60. The van der Waals surface area contributed by atoms with Crippen LogP contribution in [0.1, 0.15) is 39.5 Å². The Kier molecular flexibility index (Phi) is 2.35. The van der Waals surface area contributed by atoms with Gasteiger partial charge < -0.3 is 4.74 Å². The van der Waals surface area contributed by atoms with Crippen LogP contribution in [-0.4, -0.2) is 13.2 Å². The molecule has 0 atom stereocenters. The topological polar surface area (TPSA) is 9.23 Å². The second kappa shape index (κ2) is 2.91. The Bertz CT molecular complexity index is 97.3. The van der Waals surface area contributed by atoms with E-state index >= 15 is 0 Å². The summed E-state index contributed by atoms with van der Waals surface area (Å²) in [6.45, 7) is 2.06. The van der Waals surface area contributed by atoms with Crippen molar-refractivity contribution in [3.63, 3.8) is 0 Å². The van der Waals surface area contributed by atoms with Crippen LogP contribution in [0.4, 0.5) is 0 Å². The molecule has 2 aliphatic rings. The summed E-state index contributed by atoms with van der Waals surface area (Å²) in [6, 6.07) is 0. The molecule has 0 unspecified atom stereocenters. The zero-order valence-electron chi connectivity index (χ0n) is 5.86. The van der Waals surface area contributed by atoms with Crippen molar-refractivity contribution in [1.82, 2.24) is 0 Å². The lowest BCUT2D eigenvalue weighted by atomic mass is 9.64. The van der Waals surface area contributed by atoms with Crippen molar-refractivity contribution >= 4 is 0 Å². The highest BCUT2D eigenvalue weighted by Gasteiger charge is 2.37. The molecule has 1 saturated heterocycles. The third-order valence-corrected chi connectivity index (χ3v) is 2.97. The maximum Gasteiger partial charge on any atom is 0.0471 e. The minimum Gasteiger partial charge on any atom is -0.381 e. The summed E-state index contributed by atoms with van der Waals surface area (Å²) in [7, 11) is 0. The molecule has 0 radical (unpaired) electrons. The average Bonchev–Trinajstić information content (AvgIpc) is 1.87. The normalized spacial score (nSPS) is 28.8. The van der Waals surface area contributed by atoms with Crippen molar-refractivity contribution in [3.8, 4) is 0 Å². The SMILES string of the molecule is C.C1CC2(C1)CCOCC2. The minimum absolute atomic E-state index is 0. The first-order chi connectivity index (χ1) is 4.41. The van der Waals surface area contributed by atoms with Gasteiger partial charge in [0.15, 0.2) is 0 Å². The molecule has 1 aliphatic carbocycles. The summed E-state index contributed by atoms with van der Waals surface area (Å²) in [5.74, 6) is 0. The molecule has 0 aromatic rings. The van der Waals surface area contributed by atoms with Gasteiger partial charge in [-0.3, -0.25) is 0 Å². The zero-order valence-corrected chi connectivity index (χ0v) is 5.86. The van der Waals surface area contributed by atoms with E-state index in [0.29, 0.717) is 0 Å². The largest absolute Gasteiger partial charge is 0.381 e. The smallest absolute Gasteiger partial charge is 0.0471 e. The van der Waals surface area contributed by atoms with E-state index < -0.39 is 0 Å². The van der Waals surface area contributed by atoms with Crippen molar-refractivity contribution in [2.45, 2.75) is 39.5 Å². The van der Waals surface area contributed by atoms with E-state index in [9.17, 15) is 0 Å². The molecule has 0 aromatic carbocycles. The van der Waals surface area contributed by atoms with Crippen molar-refractivity contribution < 1.29 is 4.74 Å². The van der Waals surface area contributed by atoms with Crippen molar-refractivity contribution in [1.29, 1.82) is 0 Å². The minimum atomic E-state index is 0. The predicted molar refractivity (Wildman–Crippen MR) is 43.1 cm³/mol. The Balaban J connectivity index is 0.000000500. The van der Waals surface area contributed by atoms with E-state index in [-0.39, 0.29) is 7.43 Å². The Hall–Kier alpha value is -0.0400. The lowest BCUT2D eigenvalue weighted by Crippen LogP contribution is -2.35. The summed E-state index contributed by atoms with van der Waals surface area (Å²) >= 11 is 0. The second-order valence-corrected chi connectivity index (χ2v) is 3.47. The molecule has 1 nitrogen and oxygen atoms in total. The first-order valence-corrected chi connectivity index (χ1v) is 3.99. The molecule has 1 aliphatic heterocycles. The second-order valence-electron chi connectivity index (χ2n) is 3.47. The number of ether oxygens (including phenoxy) is 1. The van der Waals surface area contributed by atoms with Gasteiger partial charge in [-0.1, -0.05) is 13.8 Å². The van der Waals surface area contributed by atoms with E-state index in [1.165, 1.54) is 32.1 Å². The highest BCUT2D eigenvalue weighted by molar-refractivity contribution is 4.88. The van der Waals surface area contributed by atoms with Gasteiger partial charge in [-0.15, -0.1) is 0 Å². The highest BCUT2D eigenvalue weighted by Crippen LogP contribution is 2.48. The molecule has 0 N–H and O–H groups in total. The molecular weight excluding hydrogens is 124 g/mol. The number of hydrogen-bond acceptors (Lipinski definition) is 1. The molecule has 1 spiro atoms. The van der Waals surface area contributed by atoms with Crippen LogP contribution in [0.15, 0.2) is 0 Å². The van der Waals surface area contributed by atoms with Gasteiger partial charge in [0.1, 0.15) is 0 Å². The van der Waals surface area contributed by atoms with Crippen LogP contribution in [-0.2, 0) is 4.74 Å². The molecule has 0 aromatic heterocycles. The molecule has 1 heteroatoms. The monoisotopic (exact) mass is 142 g/mol. The van der Waals surface area contributed by atoms with Crippen LogP contribution < -0.4 is 0 Å². The summed E-state index contributed by atoms with van der Waals surface area (Å²) in [5, 5.41) is 0. The summed E-state index contributed by atoms with van der Waals surface area (Å²) < 4.78 is 5.30. The Labute approximate surface area is 63.8 Å². The van der Waals surface area contributed by atoms with E-state index in [1.54, 1.807) is 0 Å². The Morgan fingerprint density at radius 3 is 1.80 bits per heavy atom. The van der Waals surface area contributed by atoms with Gasteiger partial charge in [-0.05, 0) is 31.1 Å². The van der Waals surface area contributed by atoms with Crippen LogP contribution >= 0.6 is 0 Å². The fourth-order valence-corrected chi connectivity index (χ4v) is 1.98. The van der Waals surface area contributed by atoms with Crippen LogP contribution in [0.3, 0.4) is 0 Å². The zero-order chi connectivity index (χ0) is 6.16. The number of hydrogen-bond donors (Lipinski definition) is 0. The van der Waals surface area contributed by atoms with Crippen LogP contribution in [0, 0.1) is 5.41 Å². The molecule has 0 amide bonds. The summed E-state index contributed by atoms with van der Waals surface area (Å²) in [6.07, 6.45) is 7.12. The van der Waals surface area contributed by atoms with Gasteiger partial charge in [0.25, 0.3) is 0 Å². The fourth-order valence-electron chi connectivity index (χ4n) is 1.98. The van der Waals surface area contributed by atoms with E-state index in [4.69, 9.17) is 4.74 Å². The molecule has 10 heavy (non-hydrogen) atoms. The van der Waals surface area contributed by atoms with E-state index in [2.05, 4.69) is 0 Å². The van der Waals surface area contributed by atoms with Gasteiger partial charge in [0.2, 0.25) is 0 Å². The van der Waals surface area contributed by atoms with E-state index in [0.717, 1.165) is 18.6 Å². The maximum atomic E-state index is 5.30. The highest BCUT2D eigenvalue weighted by atomic mass is 16.5. The molecular formula is C9H18O. The van der Waals surface area contributed by atoms with Gasteiger partial charge in [0, 0.05) is 13.2 Å². The fraction of sp³-hybridized carbons (Fsp3) is 1.00. The molecule has 2 fully saturated rings. The maximum absolute atomic E-state index is 5.30. The summed E-state index contributed by atoms with van der Waals surface area (Å²) in [4.78, 5) is 0. The molecule has 2 rings (SSSR count). The third-order valence-electron chi connectivity index (χ3n) is 2.97. The standard InChI is InChI=1S/C8H14O.CH4/c1-2-8(3-1)4-6-9-7-5-8;/h1-7H2;1H4. The first kappa shape index (κ1) is 8.06. The van der Waals surface area contributed by atoms with E-state index in [1.807, 2.05) is 0 Å². The quantitative estimate of drug-likeness (QED) is 0.505. The van der Waals surface area contributed by atoms with Crippen LogP contribution in [0.2, 0.25) is 0 Å². The average molecular weight is 142 g/mol. The Morgan fingerprint density at radius 2 is 1.50 bits per heavy atom. The number of rotatable bonds is 0. The lowest BCUT2D eigenvalue weighted by Gasteiger charge is -2.44. The Morgan fingerprint density at radius 1 is 0.900 bits per heavy atom.